The van der Waals surface area contributed by atoms with E-state index < -0.39 is 11.7 Å². The van der Waals surface area contributed by atoms with E-state index in [1.165, 1.54) is 12.1 Å². The van der Waals surface area contributed by atoms with Crippen LogP contribution in [0.1, 0.15) is 30.5 Å². The largest absolute Gasteiger partial charge is 0.416 e. The molecule has 0 spiro atoms. The van der Waals surface area contributed by atoms with Gasteiger partial charge in [-0.2, -0.15) is 13.2 Å². The molecule has 1 atom stereocenters. The highest BCUT2D eigenvalue weighted by Gasteiger charge is 2.29. The predicted molar refractivity (Wildman–Crippen MR) is 79.6 cm³/mol. The molecule has 0 bridgehead atoms. The Morgan fingerprint density at radius 3 is 2.05 bits per heavy atom. The van der Waals surface area contributed by atoms with E-state index in [-0.39, 0.29) is 6.04 Å². The third-order valence-electron chi connectivity index (χ3n) is 3.23. The van der Waals surface area contributed by atoms with Gasteiger partial charge in [-0.1, -0.05) is 30.7 Å². The topological polar surface area (TPSA) is 12.0 Å². The van der Waals surface area contributed by atoms with Gasteiger partial charge in [0.1, 0.15) is 0 Å². The molecule has 1 unspecified atom stereocenters. The molecular formula is C16H15ClF3N. The van der Waals surface area contributed by atoms with Gasteiger partial charge in [-0.15, -0.1) is 0 Å². The highest BCUT2D eigenvalue weighted by Crippen LogP contribution is 2.31. The first kappa shape index (κ1) is 15.7. The summed E-state index contributed by atoms with van der Waals surface area (Å²) in [6.07, 6.45) is -3.50. The van der Waals surface area contributed by atoms with Crippen LogP contribution in [0.3, 0.4) is 0 Å². The van der Waals surface area contributed by atoms with Crippen LogP contribution < -0.4 is 5.32 Å². The zero-order valence-electron chi connectivity index (χ0n) is 11.4. The maximum Gasteiger partial charge on any atom is 0.416 e. The second-order valence-corrected chi connectivity index (χ2v) is 5.17. The van der Waals surface area contributed by atoms with Gasteiger partial charge in [0.05, 0.1) is 11.6 Å². The van der Waals surface area contributed by atoms with Crippen molar-refractivity contribution in [1.82, 2.24) is 0 Å². The van der Waals surface area contributed by atoms with Crippen molar-refractivity contribution in [3.63, 3.8) is 0 Å². The smallest absolute Gasteiger partial charge is 0.378 e. The fourth-order valence-electron chi connectivity index (χ4n) is 2.07. The van der Waals surface area contributed by atoms with E-state index in [1.807, 2.05) is 19.1 Å². The van der Waals surface area contributed by atoms with Crippen molar-refractivity contribution < 1.29 is 13.2 Å². The lowest BCUT2D eigenvalue weighted by Gasteiger charge is -2.19. The highest BCUT2D eigenvalue weighted by molar-refractivity contribution is 6.30. The lowest BCUT2D eigenvalue weighted by Crippen LogP contribution is -2.10. The average Bonchev–Trinajstić information content (AvgIpc) is 2.45. The van der Waals surface area contributed by atoms with E-state index in [1.54, 1.807) is 12.1 Å². The van der Waals surface area contributed by atoms with Gasteiger partial charge in [0.15, 0.2) is 0 Å². The molecule has 21 heavy (non-hydrogen) atoms. The van der Waals surface area contributed by atoms with Crippen molar-refractivity contribution in [3.8, 4) is 0 Å². The molecule has 112 valence electrons. The van der Waals surface area contributed by atoms with Gasteiger partial charge in [-0.3, -0.25) is 0 Å². The molecule has 0 saturated heterocycles. The third kappa shape index (κ3) is 4.14. The van der Waals surface area contributed by atoms with Crippen molar-refractivity contribution in [2.45, 2.75) is 25.6 Å². The summed E-state index contributed by atoms with van der Waals surface area (Å²) in [5.41, 5.74) is 1.05. The molecule has 0 amide bonds. The number of hydrogen-bond acceptors (Lipinski definition) is 1. The van der Waals surface area contributed by atoms with Crippen LogP contribution in [-0.4, -0.2) is 0 Å². The normalized spacial score (nSPS) is 13.0. The summed E-state index contributed by atoms with van der Waals surface area (Å²) in [5, 5.41) is 3.89. The maximum absolute atomic E-state index is 12.5. The fourth-order valence-corrected chi connectivity index (χ4v) is 2.20. The molecule has 0 heterocycles. The van der Waals surface area contributed by atoms with Gasteiger partial charge in [0.25, 0.3) is 0 Å². The SMILES string of the molecule is CCC(Nc1ccc(C(F)(F)F)cc1)c1ccc(Cl)cc1. The van der Waals surface area contributed by atoms with Crippen LogP contribution >= 0.6 is 11.6 Å². The molecule has 0 aromatic heterocycles. The molecule has 0 aliphatic heterocycles. The van der Waals surface area contributed by atoms with Crippen molar-refractivity contribution in [2.24, 2.45) is 0 Å². The van der Waals surface area contributed by atoms with E-state index in [4.69, 9.17) is 11.6 Å². The molecule has 5 heteroatoms. The zero-order valence-corrected chi connectivity index (χ0v) is 12.2. The second-order valence-electron chi connectivity index (χ2n) is 4.73. The van der Waals surface area contributed by atoms with Crippen molar-refractivity contribution in [2.75, 3.05) is 5.32 Å². The Bertz CT molecular complexity index is 576. The fraction of sp³-hybridized carbons (Fsp3) is 0.250. The summed E-state index contributed by atoms with van der Waals surface area (Å²) in [6, 6.07) is 12.5. The number of alkyl halides is 3. The summed E-state index contributed by atoms with van der Waals surface area (Å²) in [5.74, 6) is 0. The van der Waals surface area contributed by atoms with Crippen LogP contribution in [0.2, 0.25) is 5.02 Å². The van der Waals surface area contributed by atoms with Crippen LogP contribution in [0.5, 0.6) is 0 Å². The summed E-state index contributed by atoms with van der Waals surface area (Å²) in [7, 11) is 0. The van der Waals surface area contributed by atoms with E-state index in [0.29, 0.717) is 10.7 Å². The van der Waals surface area contributed by atoms with Gasteiger partial charge >= 0.3 is 6.18 Å². The summed E-state index contributed by atoms with van der Waals surface area (Å²) in [4.78, 5) is 0. The first-order valence-electron chi connectivity index (χ1n) is 6.59. The van der Waals surface area contributed by atoms with Gasteiger partial charge < -0.3 is 5.32 Å². The van der Waals surface area contributed by atoms with Crippen LogP contribution in [-0.2, 0) is 6.18 Å². The Hall–Kier alpha value is -1.68. The van der Waals surface area contributed by atoms with Crippen molar-refractivity contribution >= 4 is 17.3 Å². The average molecular weight is 314 g/mol. The minimum absolute atomic E-state index is 0.0269. The molecule has 2 rings (SSSR count). The van der Waals surface area contributed by atoms with Gasteiger partial charge in [0.2, 0.25) is 0 Å². The van der Waals surface area contributed by atoms with E-state index in [9.17, 15) is 13.2 Å². The van der Waals surface area contributed by atoms with E-state index >= 15 is 0 Å². The molecule has 2 aromatic carbocycles. The molecule has 1 N–H and O–H groups in total. The summed E-state index contributed by atoms with van der Waals surface area (Å²) >= 11 is 5.85. The Labute approximate surface area is 126 Å². The summed E-state index contributed by atoms with van der Waals surface area (Å²) < 4.78 is 37.6. The number of anilines is 1. The van der Waals surface area contributed by atoms with Crippen molar-refractivity contribution in [3.05, 3.63) is 64.7 Å². The standard InChI is InChI=1S/C16H15ClF3N/c1-2-15(11-3-7-13(17)8-4-11)21-14-9-5-12(6-10-14)16(18,19)20/h3-10,15,21H,2H2,1H3. The molecular weight excluding hydrogens is 299 g/mol. The van der Waals surface area contributed by atoms with Crippen molar-refractivity contribution in [1.29, 1.82) is 0 Å². The second kappa shape index (κ2) is 6.39. The Morgan fingerprint density at radius 2 is 1.57 bits per heavy atom. The molecule has 0 saturated carbocycles. The Morgan fingerprint density at radius 1 is 1.00 bits per heavy atom. The maximum atomic E-state index is 12.5. The van der Waals surface area contributed by atoms with E-state index in [2.05, 4.69) is 5.32 Å². The van der Waals surface area contributed by atoms with Crippen LogP contribution in [0.15, 0.2) is 48.5 Å². The number of rotatable bonds is 4. The number of nitrogens with one attached hydrogen (secondary N) is 1. The molecule has 1 nitrogen and oxygen atoms in total. The lowest BCUT2D eigenvalue weighted by atomic mass is 10.0. The molecule has 0 fully saturated rings. The molecule has 0 radical (unpaired) electrons. The van der Waals surface area contributed by atoms with Crippen LogP contribution in [0.4, 0.5) is 18.9 Å². The third-order valence-corrected chi connectivity index (χ3v) is 3.49. The number of benzene rings is 2. The zero-order chi connectivity index (χ0) is 15.5. The molecule has 0 aliphatic carbocycles. The summed E-state index contributed by atoms with van der Waals surface area (Å²) in [6.45, 7) is 2.01. The molecule has 2 aromatic rings. The first-order chi connectivity index (χ1) is 9.90. The number of hydrogen-bond donors (Lipinski definition) is 1. The number of halogens is 4. The first-order valence-corrected chi connectivity index (χ1v) is 6.97. The predicted octanol–water partition coefficient (Wildman–Crippen LogP) is 5.92. The van der Waals surface area contributed by atoms with Crippen LogP contribution in [0, 0.1) is 0 Å². The monoisotopic (exact) mass is 313 g/mol. The van der Waals surface area contributed by atoms with Gasteiger partial charge in [-0.25, -0.2) is 0 Å². The van der Waals surface area contributed by atoms with Crippen LogP contribution in [0.25, 0.3) is 0 Å². The minimum Gasteiger partial charge on any atom is -0.378 e. The highest BCUT2D eigenvalue weighted by atomic mass is 35.5. The minimum atomic E-state index is -4.31. The van der Waals surface area contributed by atoms with Gasteiger partial charge in [-0.05, 0) is 48.4 Å². The lowest BCUT2D eigenvalue weighted by molar-refractivity contribution is -0.137. The Kier molecular flexibility index (Phi) is 4.78. The Balaban J connectivity index is 2.13. The molecule has 0 aliphatic rings. The van der Waals surface area contributed by atoms with E-state index in [0.717, 1.165) is 24.1 Å². The van der Waals surface area contributed by atoms with Gasteiger partial charge in [0, 0.05) is 10.7 Å². The quantitative estimate of drug-likeness (QED) is 0.738.